The molecule has 3 N–H and O–H groups in total. The molecule has 0 bridgehead atoms. The second-order valence-corrected chi connectivity index (χ2v) is 11.2. The number of carboxylic acid groups (broad SMARTS) is 1. The van der Waals surface area contributed by atoms with Crippen LogP contribution in [0.3, 0.4) is 0 Å². The van der Waals surface area contributed by atoms with Crippen molar-refractivity contribution in [2.45, 2.75) is 44.2 Å². The summed E-state index contributed by atoms with van der Waals surface area (Å²) in [5, 5.41) is 14.3. The van der Waals surface area contributed by atoms with Crippen molar-refractivity contribution in [1.29, 1.82) is 0 Å². The average molecular weight is 503 g/mol. The van der Waals surface area contributed by atoms with E-state index >= 15 is 0 Å². The number of carboxylic acids is 1. The maximum absolute atomic E-state index is 12.8. The van der Waals surface area contributed by atoms with E-state index in [1.54, 1.807) is 6.92 Å². The molecule has 2 amide bonds. The first kappa shape index (κ1) is 26.2. The number of fused-ring (bicyclic) bond motifs is 3. The molecular weight excluding hydrogens is 472 g/mol. The number of hydrogen-bond donors (Lipinski definition) is 3. The van der Waals surface area contributed by atoms with Gasteiger partial charge in [-0.15, -0.1) is 0 Å². The van der Waals surface area contributed by atoms with Gasteiger partial charge in [0.15, 0.2) is 0 Å². The molecule has 0 aromatic heterocycles. The van der Waals surface area contributed by atoms with Crippen LogP contribution < -0.4 is 10.6 Å². The van der Waals surface area contributed by atoms with Crippen LogP contribution in [0.5, 0.6) is 0 Å². The summed E-state index contributed by atoms with van der Waals surface area (Å²) in [4.78, 5) is 37.1. The summed E-state index contributed by atoms with van der Waals surface area (Å²) in [5.41, 5.74) is 2.61. The molecule has 9 nitrogen and oxygen atoms in total. The number of alkyl carbamates (subject to hydrolysis) is 1. The number of amides is 2. The van der Waals surface area contributed by atoms with E-state index in [4.69, 9.17) is 4.74 Å². The Morgan fingerprint density at radius 2 is 1.60 bits per heavy atom. The summed E-state index contributed by atoms with van der Waals surface area (Å²) in [5.74, 6) is -2.60. The molecule has 0 saturated heterocycles. The lowest BCUT2D eigenvalue weighted by Crippen LogP contribution is -2.58. The first-order valence-electron chi connectivity index (χ1n) is 11.3. The quantitative estimate of drug-likeness (QED) is 0.454. The summed E-state index contributed by atoms with van der Waals surface area (Å²) < 4.78 is 28.8. The Labute approximate surface area is 204 Å². The molecule has 188 valence electrons. The first-order chi connectivity index (χ1) is 16.4. The summed E-state index contributed by atoms with van der Waals surface area (Å²) in [6.07, 6.45) is -0.0107. The third-order valence-electron chi connectivity index (χ3n) is 6.31. The number of carbonyl (C=O) groups is 3. The van der Waals surface area contributed by atoms with Gasteiger partial charge in [-0.25, -0.2) is 18.0 Å². The highest BCUT2D eigenvalue weighted by Gasteiger charge is 2.36. The lowest BCUT2D eigenvalue weighted by molar-refractivity contribution is -0.147. The van der Waals surface area contributed by atoms with Crippen LogP contribution in [-0.4, -0.2) is 61.7 Å². The molecule has 2 aromatic carbocycles. The SMILES string of the molecule is CCC(C)(NC(=O)C(CCS(C)(=O)=O)NC(=O)OCC1c2ccccc2-c2ccccc21)C(=O)O. The van der Waals surface area contributed by atoms with Crippen LogP contribution >= 0.6 is 0 Å². The van der Waals surface area contributed by atoms with Gasteiger partial charge < -0.3 is 20.5 Å². The highest BCUT2D eigenvalue weighted by Crippen LogP contribution is 2.44. The fourth-order valence-corrected chi connectivity index (χ4v) is 4.70. The zero-order valence-electron chi connectivity index (χ0n) is 19.9. The van der Waals surface area contributed by atoms with Crippen LogP contribution in [0.25, 0.3) is 11.1 Å². The maximum atomic E-state index is 12.8. The second-order valence-electron chi connectivity index (χ2n) is 8.92. The molecule has 0 heterocycles. The number of carbonyl (C=O) groups excluding carboxylic acids is 2. The molecule has 2 unspecified atom stereocenters. The van der Waals surface area contributed by atoms with Crippen molar-refractivity contribution in [2.75, 3.05) is 18.6 Å². The third-order valence-corrected chi connectivity index (χ3v) is 7.29. The normalized spacial score (nSPS) is 15.3. The van der Waals surface area contributed by atoms with Gasteiger partial charge in [0.1, 0.15) is 28.0 Å². The monoisotopic (exact) mass is 502 g/mol. The van der Waals surface area contributed by atoms with E-state index in [-0.39, 0.29) is 31.1 Å². The zero-order chi connectivity index (χ0) is 25.8. The van der Waals surface area contributed by atoms with E-state index in [2.05, 4.69) is 10.6 Å². The van der Waals surface area contributed by atoms with Gasteiger partial charge in [0, 0.05) is 12.2 Å². The second kappa shape index (κ2) is 10.5. The van der Waals surface area contributed by atoms with E-state index in [1.165, 1.54) is 6.92 Å². The van der Waals surface area contributed by atoms with Crippen LogP contribution in [0.15, 0.2) is 48.5 Å². The van der Waals surface area contributed by atoms with Crippen molar-refractivity contribution in [3.05, 3.63) is 59.7 Å². The highest BCUT2D eigenvalue weighted by molar-refractivity contribution is 7.90. The number of benzene rings is 2. The lowest BCUT2D eigenvalue weighted by atomic mass is 9.98. The molecule has 10 heteroatoms. The predicted octanol–water partition coefficient (Wildman–Crippen LogP) is 2.70. The molecule has 0 radical (unpaired) electrons. The van der Waals surface area contributed by atoms with Gasteiger partial charge in [-0.2, -0.15) is 0 Å². The lowest BCUT2D eigenvalue weighted by Gasteiger charge is -2.27. The van der Waals surface area contributed by atoms with Crippen LogP contribution in [-0.2, 0) is 24.2 Å². The Balaban J connectivity index is 1.72. The summed E-state index contributed by atoms with van der Waals surface area (Å²) in [6.45, 7) is 2.95. The average Bonchev–Trinajstić information content (AvgIpc) is 3.13. The minimum Gasteiger partial charge on any atom is -0.480 e. The minimum atomic E-state index is -3.43. The molecular formula is C25H30N2O7S. The van der Waals surface area contributed by atoms with E-state index < -0.39 is 39.4 Å². The highest BCUT2D eigenvalue weighted by atomic mass is 32.2. The Bertz CT molecular complexity index is 1180. The first-order valence-corrected chi connectivity index (χ1v) is 13.4. The standard InChI is InChI=1S/C25H30N2O7S/c1-4-25(2,23(29)30)27-22(28)21(13-14-35(3,32)33)26-24(31)34-15-20-18-11-7-5-9-16(18)17-10-6-8-12-19(17)20/h5-12,20-21H,4,13-15H2,1-3H3,(H,26,31)(H,27,28)(H,29,30). The van der Waals surface area contributed by atoms with E-state index in [0.717, 1.165) is 28.5 Å². The number of aliphatic carboxylic acids is 1. The van der Waals surface area contributed by atoms with Crippen LogP contribution in [0.1, 0.15) is 43.7 Å². The number of ether oxygens (including phenoxy) is 1. The fraction of sp³-hybridized carbons (Fsp3) is 0.400. The van der Waals surface area contributed by atoms with Gasteiger partial charge in [0.2, 0.25) is 5.91 Å². The number of hydrogen-bond acceptors (Lipinski definition) is 6. The number of nitrogens with one attached hydrogen (secondary N) is 2. The number of rotatable bonds is 10. The van der Waals surface area contributed by atoms with Gasteiger partial charge >= 0.3 is 12.1 Å². The van der Waals surface area contributed by atoms with Crippen molar-refractivity contribution in [2.24, 2.45) is 0 Å². The third kappa shape index (κ3) is 6.19. The molecule has 1 aliphatic carbocycles. The Kier molecular flexibility index (Phi) is 7.84. The van der Waals surface area contributed by atoms with E-state index in [0.29, 0.717) is 0 Å². The van der Waals surface area contributed by atoms with E-state index in [9.17, 15) is 27.9 Å². The Morgan fingerprint density at radius 3 is 2.09 bits per heavy atom. The topological polar surface area (TPSA) is 139 Å². The van der Waals surface area contributed by atoms with Crippen molar-refractivity contribution >= 4 is 27.8 Å². The van der Waals surface area contributed by atoms with E-state index in [1.807, 2.05) is 48.5 Å². The van der Waals surface area contributed by atoms with Crippen LogP contribution in [0, 0.1) is 0 Å². The molecule has 2 atom stereocenters. The van der Waals surface area contributed by atoms with Gasteiger partial charge in [0.05, 0.1) is 5.75 Å². The zero-order valence-corrected chi connectivity index (χ0v) is 20.7. The molecule has 35 heavy (non-hydrogen) atoms. The molecule has 0 spiro atoms. The molecule has 0 fully saturated rings. The number of sulfone groups is 1. The van der Waals surface area contributed by atoms with Gasteiger partial charge in [0.25, 0.3) is 0 Å². The molecule has 1 aliphatic rings. The van der Waals surface area contributed by atoms with Crippen molar-refractivity contribution in [1.82, 2.24) is 10.6 Å². The molecule has 0 aliphatic heterocycles. The van der Waals surface area contributed by atoms with Crippen molar-refractivity contribution < 1.29 is 32.6 Å². The summed E-state index contributed by atoms with van der Waals surface area (Å²) in [7, 11) is -3.43. The van der Waals surface area contributed by atoms with Gasteiger partial charge in [-0.3, -0.25) is 4.79 Å². The molecule has 0 saturated carbocycles. The molecule has 2 aromatic rings. The van der Waals surface area contributed by atoms with Crippen LogP contribution in [0.2, 0.25) is 0 Å². The predicted molar refractivity (Wildman–Crippen MR) is 131 cm³/mol. The minimum absolute atomic E-state index is 0.0159. The van der Waals surface area contributed by atoms with Gasteiger partial charge in [-0.1, -0.05) is 55.5 Å². The fourth-order valence-electron chi connectivity index (χ4n) is 4.04. The van der Waals surface area contributed by atoms with Crippen molar-refractivity contribution in [3.8, 4) is 11.1 Å². The largest absolute Gasteiger partial charge is 0.480 e. The molecule has 3 rings (SSSR count). The van der Waals surface area contributed by atoms with Crippen LogP contribution in [0.4, 0.5) is 4.79 Å². The van der Waals surface area contributed by atoms with Crippen molar-refractivity contribution in [3.63, 3.8) is 0 Å². The maximum Gasteiger partial charge on any atom is 0.407 e. The summed E-state index contributed by atoms with van der Waals surface area (Å²) in [6, 6.07) is 14.4. The Hall–Kier alpha value is -3.40. The van der Waals surface area contributed by atoms with Gasteiger partial charge in [-0.05, 0) is 42.0 Å². The smallest absolute Gasteiger partial charge is 0.407 e. The Morgan fingerprint density at radius 1 is 1.06 bits per heavy atom. The summed E-state index contributed by atoms with van der Waals surface area (Å²) >= 11 is 0.